The zero-order valence-corrected chi connectivity index (χ0v) is 14.6. The van der Waals surface area contributed by atoms with Crippen LogP contribution in [0.25, 0.3) is 0 Å². The van der Waals surface area contributed by atoms with Crippen molar-refractivity contribution in [3.63, 3.8) is 0 Å². The number of hydrogen-bond donors (Lipinski definition) is 2. The average Bonchev–Trinajstić information content (AvgIpc) is 2.40. The van der Waals surface area contributed by atoms with Gasteiger partial charge in [-0.2, -0.15) is 0 Å². The van der Waals surface area contributed by atoms with Crippen LogP contribution in [-0.4, -0.2) is 48.3 Å². The first kappa shape index (κ1) is 18.7. The maximum atomic E-state index is 12.2. The molecule has 0 atom stereocenters. The van der Waals surface area contributed by atoms with Crippen LogP contribution in [0.4, 0.5) is 5.69 Å². The van der Waals surface area contributed by atoms with Gasteiger partial charge in [0.15, 0.2) is 0 Å². The number of carbonyl (C=O) groups excluding carboxylic acids is 1. The molecule has 0 spiro atoms. The lowest BCUT2D eigenvalue weighted by Gasteiger charge is -2.27. The van der Waals surface area contributed by atoms with Crippen LogP contribution in [0, 0.1) is 6.92 Å². The molecule has 1 rings (SSSR count). The van der Waals surface area contributed by atoms with Crippen LogP contribution in [0.3, 0.4) is 0 Å². The molecular formula is C16H25ClN2O3. The zero-order valence-electron chi connectivity index (χ0n) is 13.9. The minimum Gasteiger partial charge on any atom is -0.495 e. The summed E-state index contributed by atoms with van der Waals surface area (Å²) in [5.41, 5.74) is 0.612. The van der Waals surface area contributed by atoms with Crippen LogP contribution in [0.15, 0.2) is 12.1 Å². The number of amides is 1. The lowest BCUT2D eigenvalue weighted by Crippen LogP contribution is -2.42. The summed E-state index contributed by atoms with van der Waals surface area (Å²) in [6.07, 6.45) is 0. The highest BCUT2D eigenvalue weighted by Crippen LogP contribution is 2.30. The van der Waals surface area contributed by atoms with Crippen molar-refractivity contribution >= 4 is 23.2 Å². The Morgan fingerprint density at radius 3 is 2.59 bits per heavy atom. The number of aliphatic hydroxyl groups is 1. The van der Waals surface area contributed by atoms with Gasteiger partial charge in [-0.15, -0.1) is 0 Å². The number of ether oxygens (including phenoxy) is 1. The monoisotopic (exact) mass is 328 g/mol. The number of benzene rings is 1. The van der Waals surface area contributed by atoms with Crippen molar-refractivity contribution in [1.29, 1.82) is 0 Å². The third-order valence-corrected chi connectivity index (χ3v) is 3.59. The summed E-state index contributed by atoms with van der Waals surface area (Å²) < 4.78 is 5.24. The van der Waals surface area contributed by atoms with E-state index in [1.54, 1.807) is 26.0 Å². The molecule has 1 aromatic carbocycles. The summed E-state index contributed by atoms with van der Waals surface area (Å²) in [6, 6.07) is 3.46. The molecule has 124 valence electrons. The third kappa shape index (κ3) is 5.83. The van der Waals surface area contributed by atoms with E-state index in [9.17, 15) is 9.90 Å². The van der Waals surface area contributed by atoms with E-state index in [0.29, 0.717) is 29.5 Å². The van der Waals surface area contributed by atoms with Gasteiger partial charge < -0.3 is 15.2 Å². The molecule has 5 nitrogen and oxygen atoms in total. The van der Waals surface area contributed by atoms with Gasteiger partial charge in [-0.25, -0.2) is 0 Å². The molecule has 0 bridgehead atoms. The Hall–Kier alpha value is -1.30. The molecule has 1 amide bonds. The summed E-state index contributed by atoms with van der Waals surface area (Å²) in [4.78, 5) is 14.1. The minimum absolute atomic E-state index is 0.161. The van der Waals surface area contributed by atoms with Crippen LogP contribution in [-0.2, 0) is 4.79 Å². The number of rotatable bonds is 7. The quantitative estimate of drug-likeness (QED) is 0.808. The van der Waals surface area contributed by atoms with E-state index < -0.39 is 5.60 Å². The lowest BCUT2D eigenvalue weighted by atomic mass is 10.1. The molecule has 0 saturated carbocycles. The fraction of sp³-hybridized carbons (Fsp3) is 0.562. The fourth-order valence-corrected chi connectivity index (χ4v) is 2.30. The Bertz CT molecular complexity index is 527. The summed E-state index contributed by atoms with van der Waals surface area (Å²) in [6.45, 7) is 8.56. The highest BCUT2D eigenvalue weighted by atomic mass is 35.5. The topological polar surface area (TPSA) is 61.8 Å². The first-order chi connectivity index (χ1) is 10.2. The number of methoxy groups -OCH3 is 1. The second-order valence-electron chi connectivity index (χ2n) is 5.97. The minimum atomic E-state index is -0.842. The Morgan fingerprint density at radius 2 is 2.09 bits per heavy atom. The first-order valence-corrected chi connectivity index (χ1v) is 7.62. The Kier molecular flexibility index (Phi) is 6.66. The zero-order chi connectivity index (χ0) is 16.9. The van der Waals surface area contributed by atoms with Gasteiger partial charge in [0.05, 0.1) is 24.9 Å². The van der Waals surface area contributed by atoms with Gasteiger partial charge in [0.2, 0.25) is 5.91 Å². The van der Waals surface area contributed by atoms with E-state index in [0.717, 1.165) is 5.56 Å². The molecule has 0 radical (unpaired) electrons. The van der Waals surface area contributed by atoms with E-state index >= 15 is 0 Å². The first-order valence-electron chi connectivity index (χ1n) is 7.25. The predicted molar refractivity (Wildman–Crippen MR) is 89.8 cm³/mol. The second-order valence-corrected chi connectivity index (χ2v) is 6.37. The van der Waals surface area contributed by atoms with E-state index in [1.165, 1.54) is 7.11 Å². The smallest absolute Gasteiger partial charge is 0.238 e. The van der Waals surface area contributed by atoms with Crippen molar-refractivity contribution in [2.24, 2.45) is 0 Å². The van der Waals surface area contributed by atoms with Gasteiger partial charge in [0.1, 0.15) is 5.75 Å². The van der Waals surface area contributed by atoms with E-state index in [2.05, 4.69) is 5.32 Å². The van der Waals surface area contributed by atoms with Crippen molar-refractivity contribution < 1.29 is 14.6 Å². The molecule has 6 heteroatoms. The second kappa shape index (κ2) is 7.81. The molecule has 0 fully saturated rings. The molecule has 0 aliphatic carbocycles. The number of anilines is 1. The van der Waals surface area contributed by atoms with Crippen LogP contribution in [0.1, 0.15) is 26.3 Å². The van der Waals surface area contributed by atoms with E-state index in [1.807, 2.05) is 18.7 Å². The molecule has 0 aliphatic heterocycles. The molecule has 1 aromatic rings. The van der Waals surface area contributed by atoms with Gasteiger partial charge in [-0.3, -0.25) is 9.69 Å². The lowest BCUT2D eigenvalue weighted by molar-refractivity contribution is -0.117. The summed E-state index contributed by atoms with van der Waals surface area (Å²) in [7, 11) is 1.53. The standard InChI is InChI=1S/C16H25ClN2O3/c1-6-19(10-16(3,4)21)9-15(20)18-13-7-11(2)12(17)8-14(13)22-5/h7-8,21H,6,9-10H2,1-5H3,(H,18,20). The molecule has 0 heterocycles. The number of nitrogens with one attached hydrogen (secondary N) is 1. The molecular weight excluding hydrogens is 304 g/mol. The number of aryl methyl sites for hydroxylation is 1. The van der Waals surface area contributed by atoms with Crippen LogP contribution < -0.4 is 10.1 Å². The molecule has 0 aromatic heterocycles. The van der Waals surface area contributed by atoms with Crippen LogP contribution >= 0.6 is 11.6 Å². The number of carbonyl (C=O) groups is 1. The van der Waals surface area contributed by atoms with Crippen LogP contribution in [0.2, 0.25) is 5.02 Å². The van der Waals surface area contributed by atoms with Crippen molar-refractivity contribution in [1.82, 2.24) is 4.90 Å². The Morgan fingerprint density at radius 1 is 1.45 bits per heavy atom. The number of hydrogen-bond acceptors (Lipinski definition) is 4. The highest BCUT2D eigenvalue weighted by molar-refractivity contribution is 6.31. The average molecular weight is 329 g/mol. The Labute approximate surface area is 137 Å². The van der Waals surface area contributed by atoms with Gasteiger partial charge in [0.25, 0.3) is 0 Å². The summed E-state index contributed by atoms with van der Waals surface area (Å²) >= 11 is 6.05. The van der Waals surface area contributed by atoms with E-state index in [4.69, 9.17) is 16.3 Å². The maximum Gasteiger partial charge on any atom is 0.238 e. The van der Waals surface area contributed by atoms with Crippen molar-refractivity contribution in [2.75, 3.05) is 32.1 Å². The van der Waals surface area contributed by atoms with Crippen molar-refractivity contribution in [3.05, 3.63) is 22.7 Å². The number of halogens is 1. The number of likely N-dealkylation sites (N-methyl/N-ethyl adjacent to an activating group) is 1. The summed E-state index contributed by atoms with van der Waals surface area (Å²) in [5, 5.41) is 13.3. The maximum absolute atomic E-state index is 12.2. The SMILES string of the molecule is CCN(CC(=O)Nc1cc(C)c(Cl)cc1OC)CC(C)(C)O. The summed E-state index contributed by atoms with van der Waals surface area (Å²) in [5.74, 6) is 0.362. The molecule has 0 aliphatic rings. The number of nitrogens with zero attached hydrogens (tertiary/aromatic N) is 1. The van der Waals surface area contributed by atoms with Gasteiger partial charge in [0, 0.05) is 17.6 Å². The molecule has 0 saturated heterocycles. The molecule has 2 N–H and O–H groups in total. The fourth-order valence-electron chi connectivity index (χ4n) is 2.15. The van der Waals surface area contributed by atoms with E-state index in [-0.39, 0.29) is 12.5 Å². The van der Waals surface area contributed by atoms with Gasteiger partial charge >= 0.3 is 0 Å². The van der Waals surface area contributed by atoms with Crippen LogP contribution in [0.5, 0.6) is 5.75 Å². The van der Waals surface area contributed by atoms with Gasteiger partial charge in [-0.1, -0.05) is 18.5 Å². The Balaban J connectivity index is 2.78. The van der Waals surface area contributed by atoms with Crippen molar-refractivity contribution in [2.45, 2.75) is 33.3 Å². The largest absolute Gasteiger partial charge is 0.495 e. The highest BCUT2D eigenvalue weighted by Gasteiger charge is 2.19. The third-order valence-electron chi connectivity index (χ3n) is 3.18. The predicted octanol–water partition coefficient (Wildman–Crippen LogP) is 2.69. The molecule has 22 heavy (non-hydrogen) atoms. The van der Waals surface area contributed by atoms with Crippen molar-refractivity contribution in [3.8, 4) is 5.75 Å². The normalized spacial score (nSPS) is 11.6. The molecule has 0 unspecified atom stereocenters. The van der Waals surface area contributed by atoms with Gasteiger partial charge in [-0.05, 0) is 38.9 Å².